The summed E-state index contributed by atoms with van der Waals surface area (Å²) in [6.07, 6.45) is 5.09. The van der Waals surface area contributed by atoms with Crippen molar-refractivity contribution in [2.45, 2.75) is 39.0 Å². The van der Waals surface area contributed by atoms with E-state index >= 15 is 0 Å². The lowest BCUT2D eigenvalue weighted by Gasteiger charge is -2.07. The molecule has 106 valence electrons. The summed E-state index contributed by atoms with van der Waals surface area (Å²) >= 11 is 1.41. The van der Waals surface area contributed by atoms with Crippen LogP contribution >= 0.6 is 11.3 Å². The van der Waals surface area contributed by atoms with E-state index < -0.39 is 17.8 Å². The Kier molecular flexibility index (Phi) is 4.40. The third-order valence-corrected chi connectivity index (χ3v) is 4.74. The van der Waals surface area contributed by atoms with E-state index in [0.29, 0.717) is 10.6 Å². The van der Waals surface area contributed by atoms with Gasteiger partial charge in [-0.15, -0.1) is 11.3 Å². The highest BCUT2D eigenvalue weighted by atomic mass is 32.1. The van der Waals surface area contributed by atoms with Gasteiger partial charge in [-0.05, 0) is 38.2 Å². The van der Waals surface area contributed by atoms with Crippen LogP contribution in [0.3, 0.4) is 0 Å². The minimum atomic E-state index is -1.17. The van der Waals surface area contributed by atoms with E-state index in [1.807, 2.05) is 0 Å². The van der Waals surface area contributed by atoms with Crippen molar-refractivity contribution in [3.63, 3.8) is 0 Å². The number of aliphatic carboxylic acids is 1. The summed E-state index contributed by atoms with van der Waals surface area (Å²) in [5.41, 5.74) is 1.55. The summed E-state index contributed by atoms with van der Waals surface area (Å²) in [7, 11) is 0. The molecule has 0 bridgehead atoms. The Bertz CT molecular complexity index is 586. The molecule has 0 aliphatic heterocycles. The van der Waals surface area contributed by atoms with Gasteiger partial charge < -0.3 is 10.4 Å². The molecule has 1 aliphatic carbocycles. The molecule has 0 saturated carbocycles. The van der Waals surface area contributed by atoms with Crippen molar-refractivity contribution < 1.29 is 14.7 Å². The fourth-order valence-corrected chi connectivity index (χ4v) is 3.52. The first-order chi connectivity index (χ1) is 9.54. The number of hydrogen-bond acceptors (Lipinski definition) is 4. The van der Waals surface area contributed by atoms with Crippen LogP contribution < -0.4 is 5.32 Å². The molecule has 20 heavy (non-hydrogen) atoms. The molecule has 0 aromatic carbocycles. The predicted octanol–water partition coefficient (Wildman–Crippen LogP) is 2.55. The van der Waals surface area contributed by atoms with E-state index in [0.717, 1.165) is 42.5 Å². The molecule has 2 rings (SSSR count). The lowest BCUT2D eigenvalue weighted by molar-refractivity contribution is -0.144. The Balaban J connectivity index is 2.27. The minimum absolute atomic E-state index is 0.498. The van der Waals surface area contributed by atoms with E-state index in [-0.39, 0.29) is 0 Å². The normalized spacial score (nSPS) is 15.6. The van der Waals surface area contributed by atoms with Gasteiger partial charge in [-0.1, -0.05) is 6.42 Å². The molecule has 1 unspecified atom stereocenters. The lowest BCUT2D eigenvalue weighted by Crippen LogP contribution is -2.26. The average Bonchev–Trinajstić information content (AvgIpc) is 2.59. The number of carbonyl (C=O) groups is 2. The van der Waals surface area contributed by atoms with E-state index in [2.05, 4.69) is 11.4 Å². The summed E-state index contributed by atoms with van der Waals surface area (Å²) in [4.78, 5) is 23.8. The van der Waals surface area contributed by atoms with E-state index in [4.69, 9.17) is 5.11 Å². The minimum Gasteiger partial charge on any atom is -0.481 e. The molecule has 1 atom stereocenters. The molecule has 1 amide bonds. The number of aryl methyl sites for hydroxylation is 1. The maximum Gasteiger partial charge on any atom is 0.315 e. The summed E-state index contributed by atoms with van der Waals surface area (Å²) in [6.45, 7) is 1.34. The fraction of sp³-hybridized carbons (Fsp3) is 0.500. The Morgan fingerprint density at radius 1 is 1.35 bits per heavy atom. The number of carbonyl (C=O) groups excluding carboxylic acids is 1. The third-order valence-electron chi connectivity index (χ3n) is 3.53. The number of carboxylic acids is 1. The maximum absolute atomic E-state index is 11.8. The first-order valence-electron chi connectivity index (χ1n) is 6.63. The second kappa shape index (κ2) is 6.06. The molecule has 0 saturated heterocycles. The van der Waals surface area contributed by atoms with Crippen LogP contribution in [0.2, 0.25) is 0 Å². The van der Waals surface area contributed by atoms with E-state index in [9.17, 15) is 14.9 Å². The van der Waals surface area contributed by atoms with Gasteiger partial charge in [0.2, 0.25) is 5.91 Å². The molecule has 1 aliphatic rings. The molecule has 0 radical (unpaired) electrons. The number of nitrogens with zero attached hydrogens (tertiary/aromatic N) is 1. The van der Waals surface area contributed by atoms with Crippen LogP contribution in [0.4, 0.5) is 5.00 Å². The number of anilines is 1. The molecule has 5 nitrogen and oxygen atoms in total. The maximum atomic E-state index is 11.8. The van der Waals surface area contributed by atoms with Gasteiger partial charge in [0.1, 0.15) is 17.0 Å². The molecule has 1 aromatic heterocycles. The number of carboxylic acid groups (broad SMARTS) is 1. The molecule has 2 N–H and O–H groups in total. The summed E-state index contributed by atoms with van der Waals surface area (Å²) in [6, 6.07) is 2.15. The summed E-state index contributed by atoms with van der Waals surface area (Å²) in [5.74, 6) is -2.87. The zero-order valence-electron chi connectivity index (χ0n) is 11.2. The van der Waals surface area contributed by atoms with Crippen molar-refractivity contribution in [3.8, 4) is 6.07 Å². The van der Waals surface area contributed by atoms with Crippen molar-refractivity contribution in [3.05, 3.63) is 16.0 Å². The third kappa shape index (κ3) is 2.83. The topological polar surface area (TPSA) is 90.2 Å². The molecular weight excluding hydrogens is 276 g/mol. The SMILES string of the molecule is CC(C(=O)O)C(=O)Nc1sc2c(c1C#N)CCCCC2. The van der Waals surface area contributed by atoms with Gasteiger partial charge in [0, 0.05) is 4.88 Å². The van der Waals surface area contributed by atoms with Crippen molar-refractivity contribution in [1.29, 1.82) is 5.26 Å². The van der Waals surface area contributed by atoms with Crippen molar-refractivity contribution in [2.24, 2.45) is 5.92 Å². The van der Waals surface area contributed by atoms with Crippen molar-refractivity contribution in [1.82, 2.24) is 0 Å². The molecular formula is C14H16N2O3S. The van der Waals surface area contributed by atoms with Crippen LogP contribution in [0.5, 0.6) is 0 Å². The highest BCUT2D eigenvalue weighted by molar-refractivity contribution is 7.16. The monoisotopic (exact) mass is 292 g/mol. The number of fused-ring (bicyclic) bond motifs is 1. The van der Waals surface area contributed by atoms with Gasteiger partial charge >= 0.3 is 5.97 Å². The number of hydrogen-bond donors (Lipinski definition) is 2. The first kappa shape index (κ1) is 14.5. The quantitative estimate of drug-likeness (QED) is 0.661. The molecule has 0 spiro atoms. The Labute approximate surface area is 121 Å². The van der Waals surface area contributed by atoms with Gasteiger partial charge in [0.25, 0.3) is 0 Å². The molecule has 0 fully saturated rings. The van der Waals surface area contributed by atoms with Crippen LogP contribution in [-0.2, 0) is 22.4 Å². The van der Waals surface area contributed by atoms with Crippen LogP contribution in [0.25, 0.3) is 0 Å². The predicted molar refractivity (Wildman–Crippen MR) is 75.7 cm³/mol. The average molecular weight is 292 g/mol. The first-order valence-corrected chi connectivity index (χ1v) is 7.44. The van der Waals surface area contributed by atoms with Gasteiger partial charge in [-0.25, -0.2) is 0 Å². The Morgan fingerprint density at radius 2 is 2.05 bits per heavy atom. The summed E-state index contributed by atoms with van der Waals surface area (Å²) < 4.78 is 0. The molecule has 1 aromatic rings. The van der Waals surface area contributed by atoms with Crippen molar-refractivity contribution in [2.75, 3.05) is 5.32 Å². The van der Waals surface area contributed by atoms with Gasteiger partial charge in [-0.2, -0.15) is 5.26 Å². The number of thiophene rings is 1. The van der Waals surface area contributed by atoms with E-state index in [1.165, 1.54) is 18.3 Å². The van der Waals surface area contributed by atoms with Crippen LogP contribution in [0.15, 0.2) is 0 Å². The smallest absolute Gasteiger partial charge is 0.315 e. The fourth-order valence-electron chi connectivity index (χ4n) is 2.28. The molecule has 6 heteroatoms. The van der Waals surface area contributed by atoms with Gasteiger partial charge in [0.05, 0.1) is 5.56 Å². The van der Waals surface area contributed by atoms with Crippen LogP contribution in [0.1, 0.15) is 42.2 Å². The molecule has 1 heterocycles. The Hall–Kier alpha value is -1.87. The number of nitriles is 1. The van der Waals surface area contributed by atoms with Gasteiger partial charge in [-0.3, -0.25) is 9.59 Å². The zero-order valence-corrected chi connectivity index (χ0v) is 12.0. The Morgan fingerprint density at radius 3 is 2.70 bits per heavy atom. The van der Waals surface area contributed by atoms with E-state index in [1.54, 1.807) is 0 Å². The zero-order chi connectivity index (χ0) is 14.7. The van der Waals surface area contributed by atoms with Crippen LogP contribution in [0, 0.1) is 17.2 Å². The number of nitrogens with one attached hydrogen (secondary N) is 1. The van der Waals surface area contributed by atoms with Crippen LogP contribution in [-0.4, -0.2) is 17.0 Å². The number of rotatable bonds is 3. The second-order valence-electron chi connectivity index (χ2n) is 4.93. The highest BCUT2D eigenvalue weighted by Crippen LogP contribution is 2.37. The standard InChI is InChI=1S/C14H16N2O3S/c1-8(14(18)19)12(17)16-13-10(7-15)9-5-3-2-4-6-11(9)20-13/h8H,2-6H2,1H3,(H,16,17)(H,18,19). The summed E-state index contributed by atoms with van der Waals surface area (Å²) in [5, 5.41) is 21.2. The number of amides is 1. The second-order valence-corrected chi connectivity index (χ2v) is 6.03. The largest absolute Gasteiger partial charge is 0.481 e. The lowest BCUT2D eigenvalue weighted by atomic mass is 10.1. The highest BCUT2D eigenvalue weighted by Gasteiger charge is 2.25. The van der Waals surface area contributed by atoms with Gasteiger partial charge in [0.15, 0.2) is 0 Å². The van der Waals surface area contributed by atoms with Crippen molar-refractivity contribution >= 4 is 28.2 Å².